The van der Waals surface area contributed by atoms with Crippen molar-refractivity contribution in [2.75, 3.05) is 37.7 Å². The Morgan fingerprint density at radius 2 is 1.74 bits per heavy atom. The molecule has 1 aliphatic rings. The molecule has 2 aromatic heterocycles. The van der Waals surface area contributed by atoms with Gasteiger partial charge in [0.05, 0.1) is 17.3 Å². The van der Waals surface area contributed by atoms with Gasteiger partial charge in [0, 0.05) is 26.2 Å². The minimum Gasteiger partial charge on any atom is -0.494 e. The first-order chi connectivity index (χ1) is 16.5. The molecule has 5 rings (SSSR count). The average molecular weight is 500 g/mol. The Hall–Kier alpha value is -3.28. The second-order valence-corrected chi connectivity index (χ2v) is 9.93. The number of benzene rings is 2. The third kappa shape index (κ3) is 4.06. The SMILES string of the molecule is CCOc1ccc(-n2nnc3c(N4CCN(S(=O)(=O)c5ccccc5Cl)CC4)ncnc32)cc1. The van der Waals surface area contributed by atoms with E-state index in [1.807, 2.05) is 36.1 Å². The van der Waals surface area contributed by atoms with Crippen LogP contribution in [-0.2, 0) is 10.0 Å². The van der Waals surface area contributed by atoms with Crippen LogP contribution in [0, 0.1) is 0 Å². The van der Waals surface area contributed by atoms with Crippen molar-refractivity contribution in [1.82, 2.24) is 29.3 Å². The Morgan fingerprint density at radius 3 is 2.44 bits per heavy atom. The molecule has 0 bridgehead atoms. The lowest BCUT2D eigenvalue weighted by molar-refractivity contribution is 0.340. The molecule has 0 saturated carbocycles. The van der Waals surface area contributed by atoms with Crippen molar-refractivity contribution in [2.45, 2.75) is 11.8 Å². The van der Waals surface area contributed by atoms with Crippen LogP contribution in [0.5, 0.6) is 5.75 Å². The van der Waals surface area contributed by atoms with Gasteiger partial charge in [-0.3, -0.25) is 0 Å². The summed E-state index contributed by atoms with van der Waals surface area (Å²) in [6.07, 6.45) is 1.47. The highest BCUT2D eigenvalue weighted by Gasteiger charge is 2.31. The highest BCUT2D eigenvalue weighted by molar-refractivity contribution is 7.89. The van der Waals surface area contributed by atoms with Gasteiger partial charge in [-0.15, -0.1) is 5.10 Å². The molecular weight excluding hydrogens is 478 g/mol. The molecule has 4 aromatic rings. The molecule has 0 radical (unpaired) electrons. The van der Waals surface area contributed by atoms with E-state index >= 15 is 0 Å². The van der Waals surface area contributed by atoms with Crippen molar-refractivity contribution in [3.05, 3.63) is 59.9 Å². The fourth-order valence-electron chi connectivity index (χ4n) is 3.93. The highest BCUT2D eigenvalue weighted by atomic mass is 35.5. The van der Waals surface area contributed by atoms with Crippen molar-refractivity contribution in [1.29, 1.82) is 0 Å². The summed E-state index contributed by atoms with van der Waals surface area (Å²) in [6.45, 7) is 4.02. The van der Waals surface area contributed by atoms with Crippen molar-refractivity contribution in [3.63, 3.8) is 0 Å². The molecule has 176 valence electrons. The van der Waals surface area contributed by atoms with Crippen LogP contribution in [0.25, 0.3) is 16.9 Å². The van der Waals surface area contributed by atoms with Crippen molar-refractivity contribution in [2.24, 2.45) is 0 Å². The molecular formula is C22H22ClN7O3S. The predicted molar refractivity (Wildman–Crippen MR) is 128 cm³/mol. The van der Waals surface area contributed by atoms with E-state index in [1.165, 1.54) is 16.7 Å². The van der Waals surface area contributed by atoms with Gasteiger partial charge in [-0.1, -0.05) is 28.9 Å². The van der Waals surface area contributed by atoms with Crippen LogP contribution in [0.15, 0.2) is 59.8 Å². The summed E-state index contributed by atoms with van der Waals surface area (Å²) in [6, 6.07) is 14.0. The Balaban J connectivity index is 1.37. The summed E-state index contributed by atoms with van der Waals surface area (Å²) >= 11 is 6.14. The second kappa shape index (κ2) is 9.16. The molecule has 12 heteroatoms. The number of sulfonamides is 1. The third-order valence-corrected chi connectivity index (χ3v) is 8.00. The number of halogens is 1. The van der Waals surface area contributed by atoms with Crippen molar-refractivity contribution < 1.29 is 13.2 Å². The number of rotatable bonds is 6. The second-order valence-electron chi connectivity index (χ2n) is 7.62. The van der Waals surface area contributed by atoms with E-state index < -0.39 is 10.0 Å². The number of hydrogen-bond acceptors (Lipinski definition) is 8. The maximum Gasteiger partial charge on any atom is 0.244 e. The van der Waals surface area contributed by atoms with E-state index in [0.717, 1.165) is 11.4 Å². The molecule has 0 atom stereocenters. The first kappa shape index (κ1) is 22.5. The summed E-state index contributed by atoms with van der Waals surface area (Å²) in [7, 11) is -3.68. The van der Waals surface area contributed by atoms with Crippen LogP contribution in [0.1, 0.15) is 6.92 Å². The molecule has 0 unspecified atom stereocenters. The Labute approximate surface area is 201 Å². The quantitative estimate of drug-likeness (QED) is 0.398. The van der Waals surface area contributed by atoms with Gasteiger partial charge in [-0.2, -0.15) is 8.99 Å². The molecule has 3 heterocycles. The number of hydrogen-bond donors (Lipinski definition) is 0. The van der Waals surface area contributed by atoms with Crippen LogP contribution >= 0.6 is 11.6 Å². The standard InChI is InChI=1S/C22H22ClN7O3S/c1-2-33-17-9-7-16(8-10-17)30-22-20(26-27-30)21(24-15-25-22)28-11-13-29(14-12-28)34(31,32)19-6-4-3-5-18(19)23/h3-10,15H,2,11-14H2,1H3. The fraction of sp³-hybridized carbons (Fsp3) is 0.273. The van der Waals surface area contributed by atoms with Crippen LogP contribution in [0.4, 0.5) is 5.82 Å². The molecule has 1 saturated heterocycles. The summed E-state index contributed by atoms with van der Waals surface area (Å²) in [5, 5.41) is 8.81. The van der Waals surface area contributed by atoms with Gasteiger partial charge in [0.25, 0.3) is 0 Å². The minimum absolute atomic E-state index is 0.118. The van der Waals surface area contributed by atoms with Gasteiger partial charge in [0.15, 0.2) is 17.0 Å². The zero-order chi connectivity index (χ0) is 23.7. The first-order valence-corrected chi connectivity index (χ1v) is 12.6. The van der Waals surface area contributed by atoms with E-state index in [-0.39, 0.29) is 9.92 Å². The van der Waals surface area contributed by atoms with Gasteiger partial charge >= 0.3 is 0 Å². The number of aromatic nitrogens is 5. The van der Waals surface area contributed by atoms with Gasteiger partial charge in [0.1, 0.15) is 17.0 Å². The van der Waals surface area contributed by atoms with Crippen LogP contribution in [0.2, 0.25) is 5.02 Å². The summed E-state index contributed by atoms with van der Waals surface area (Å²) in [5.74, 6) is 1.40. The number of nitrogens with zero attached hydrogens (tertiary/aromatic N) is 7. The predicted octanol–water partition coefficient (Wildman–Crippen LogP) is 2.77. The van der Waals surface area contributed by atoms with E-state index in [0.29, 0.717) is 49.8 Å². The maximum absolute atomic E-state index is 13.1. The van der Waals surface area contributed by atoms with Crippen LogP contribution in [0.3, 0.4) is 0 Å². The van der Waals surface area contributed by atoms with E-state index in [2.05, 4.69) is 20.3 Å². The van der Waals surface area contributed by atoms with Gasteiger partial charge in [-0.25, -0.2) is 18.4 Å². The van der Waals surface area contributed by atoms with E-state index in [1.54, 1.807) is 22.9 Å². The molecule has 0 aliphatic carbocycles. The smallest absolute Gasteiger partial charge is 0.244 e. The number of fused-ring (bicyclic) bond motifs is 1. The lowest BCUT2D eigenvalue weighted by atomic mass is 10.3. The minimum atomic E-state index is -3.68. The van der Waals surface area contributed by atoms with Crippen molar-refractivity contribution in [3.8, 4) is 11.4 Å². The topological polar surface area (TPSA) is 106 Å². The molecule has 10 nitrogen and oxygen atoms in total. The van der Waals surface area contributed by atoms with Gasteiger partial charge in [0.2, 0.25) is 10.0 Å². The summed E-state index contributed by atoms with van der Waals surface area (Å²) < 4.78 is 34.7. The molecule has 0 amide bonds. The van der Waals surface area contributed by atoms with Gasteiger partial charge < -0.3 is 9.64 Å². The van der Waals surface area contributed by atoms with E-state index in [9.17, 15) is 8.42 Å². The zero-order valence-corrected chi connectivity index (χ0v) is 19.9. The zero-order valence-electron chi connectivity index (χ0n) is 18.4. The van der Waals surface area contributed by atoms with E-state index in [4.69, 9.17) is 16.3 Å². The lowest BCUT2D eigenvalue weighted by Crippen LogP contribution is -2.49. The van der Waals surface area contributed by atoms with Crippen LogP contribution in [-0.4, -0.2) is 70.5 Å². The largest absolute Gasteiger partial charge is 0.494 e. The number of piperazine rings is 1. The molecule has 1 fully saturated rings. The molecule has 2 aromatic carbocycles. The molecule has 0 spiro atoms. The highest BCUT2D eigenvalue weighted by Crippen LogP contribution is 2.28. The Bertz CT molecular complexity index is 1420. The summed E-state index contributed by atoms with van der Waals surface area (Å²) in [4.78, 5) is 10.9. The normalized spacial score (nSPS) is 15.1. The monoisotopic (exact) mass is 499 g/mol. The molecule has 0 N–H and O–H groups in total. The Morgan fingerprint density at radius 1 is 1.00 bits per heavy atom. The third-order valence-electron chi connectivity index (χ3n) is 5.60. The van der Waals surface area contributed by atoms with Crippen molar-refractivity contribution >= 4 is 38.6 Å². The number of anilines is 1. The first-order valence-electron chi connectivity index (χ1n) is 10.8. The number of ether oxygens (including phenoxy) is 1. The molecule has 34 heavy (non-hydrogen) atoms. The maximum atomic E-state index is 13.1. The Kier molecular flexibility index (Phi) is 6.07. The summed E-state index contributed by atoms with van der Waals surface area (Å²) in [5.41, 5.74) is 1.92. The fourth-order valence-corrected chi connectivity index (χ4v) is 5.84. The lowest BCUT2D eigenvalue weighted by Gasteiger charge is -2.34. The average Bonchev–Trinajstić information content (AvgIpc) is 3.29. The molecule has 1 aliphatic heterocycles. The van der Waals surface area contributed by atoms with Gasteiger partial charge in [-0.05, 0) is 43.3 Å². The van der Waals surface area contributed by atoms with Crippen LogP contribution < -0.4 is 9.64 Å².